The molecule has 0 unspecified atom stereocenters. The summed E-state index contributed by atoms with van der Waals surface area (Å²) < 4.78 is 0. The molecule has 2 rings (SSSR count). The van der Waals surface area contributed by atoms with E-state index >= 15 is 0 Å². The van der Waals surface area contributed by atoms with E-state index in [0.29, 0.717) is 28.6 Å². The summed E-state index contributed by atoms with van der Waals surface area (Å²) in [5.74, 6) is -1.15. The third kappa shape index (κ3) is 3.82. The van der Waals surface area contributed by atoms with Crippen molar-refractivity contribution < 1.29 is 19.8 Å². The van der Waals surface area contributed by atoms with Gasteiger partial charge in [0.1, 0.15) is 6.04 Å². The number of hydrogen-bond donors (Lipinski definition) is 3. The number of urea groups is 1. The van der Waals surface area contributed by atoms with Crippen molar-refractivity contribution >= 4 is 35.2 Å². The molecule has 1 saturated heterocycles. The van der Waals surface area contributed by atoms with E-state index in [1.54, 1.807) is 12.1 Å². The molecule has 1 aromatic carbocycles. The summed E-state index contributed by atoms with van der Waals surface area (Å²) >= 11 is 11.8. The molecule has 0 bridgehead atoms. The van der Waals surface area contributed by atoms with Crippen LogP contribution in [0, 0.1) is 0 Å². The summed E-state index contributed by atoms with van der Waals surface area (Å²) in [5, 5.41) is 21.6. The number of likely N-dealkylation sites (tertiary alicyclic amines) is 1. The van der Waals surface area contributed by atoms with Gasteiger partial charge in [-0.05, 0) is 24.1 Å². The predicted octanol–water partition coefficient (Wildman–Crippen LogP) is 1.77. The van der Waals surface area contributed by atoms with Crippen molar-refractivity contribution in [2.24, 2.45) is 0 Å². The Labute approximate surface area is 137 Å². The number of aliphatic carboxylic acids is 1. The number of nitrogens with zero attached hydrogens (tertiary/aromatic N) is 1. The second kappa shape index (κ2) is 7.17. The Morgan fingerprint density at radius 3 is 2.64 bits per heavy atom. The van der Waals surface area contributed by atoms with Crippen LogP contribution in [0.3, 0.4) is 0 Å². The minimum atomic E-state index is -1.15. The monoisotopic (exact) mass is 346 g/mol. The molecule has 2 atom stereocenters. The van der Waals surface area contributed by atoms with Crippen LogP contribution in [0.1, 0.15) is 12.0 Å². The number of halogens is 2. The van der Waals surface area contributed by atoms with Crippen molar-refractivity contribution in [1.82, 2.24) is 10.2 Å². The van der Waals surface area contributed by atoms with E-state index in [1.165, 1.54) is 11.0 Å². The van der Waals surface area contributed by atoms with Crippen LogP contribution < -0.4 is 5.32 Å². The van der Waals surface area contributed by atoms with Crippen LogP contribution in [0.25, 0.3) is 0 Å². The molecule has 0 aromatic heterocycles. The molecule has 6 nitrogen and oxygen atoms in total. The lowest BCUT2D eigenvalue weighted by atomic mass is 10.0. The van der Waals surface area contributed by atoms with Gasteiger partial charge in [0.25, 0.3) is 0 Å². The maximum atomic E-state index is 12.0. The van der Waals surface area contributed by atoms with E-state index in [4.69, 9.17) is 28.3 Å². The lowest BCUT2D eigenvalue weighted by Crippen LogP contribution is -2.59. The second-order valence-electron chi connectivity index (χ2n) is 5.10. The number of benzene rings is 1. The number of carbonyl (C=O) groups is 2. The largest absolute Gasteiger partial charge is 0.480 e. The summed E-state index contributed by atoms with van der Waals surface area (Å²) in [6.07, 6.45) is 0.763. The van der Waals surface area contributed by atoms with Gasteiger partial charge in [-0.3, -0.25) is 0 Å². The van der Waals surface area contributed by atoms with Gasteiger partial charge in [-0.1, -0.05) is 29.3 Å². The molecule has 2 amide bonds. The number of carboxylic acids is 1. The first-order chi connectivity index (χ1) is 10.4. The topological polar surface area (TPSA) is 89.9 Å². The molecule has 0 aliphatic carbocycles. The highest BCUT2D eigenvalue weighted by atomic mass is 35.5. The van der Waals surface area contributed by atoms with Crippen LogP contribution in [0.15, 0.2) is 18.2 Å². The van der Waals surface area contributed by atoms with E-state index in [1.807, 2.05) is 0 Å². The molecule has 3 N–H and O–H groups in total. The molecule has 0 saturated carbocycles. The Kier molecular flexibility index (Phi) is 5.50. The van der Waals surface area contributed by atoms with Gasteiger partial charge in [-0.2, -0.15) is 0 Å². The molecule has 0 spiro atoms. The van der Waals surface area contributed by atoms with Gasteiger partial charge in [0.05, 0.1) is 12.6 Å². The van der Waals surface area contributed by atoms with E-state index in [-0.39, 0.29) is 19.1 Å². The SMILES string of the molecule is O=C(O)[C@@H](Cc1ccc(Cl)cc1Cl)NC(=O)N1CC[C@H]1CO. The molecule has 8 heteroatoms. The molecule has 1 aromatic rings. The van der Waals surface area contributed by atoms with Gasteiger partial charge >= 0.3 is 12.0 Å². The fourth-order valence-corrected chi connectivity index (χ4v) is 2.72. The minimum Gasteiger partial charge on any atom is -0.480 e. The van der Waals surface area contributed by atoms with Crippen LogP contribution in [-0.4, -0.2) is 52.3 Å². The second-order valence-corrected chi connectivity index (χ2v) is 5.94. The molecule has 22 heavy (non-hydrogen) atoms. The average Bonchev–Trinajstić information content (AvgIpc) is 2.39. The van der Waals surface area contributed by atoms with E-state index < -0.39 is 18.0 Å². The van der Waals surface area contributed by atoms with Gasteiger partial charge in [0, 0.05) is 23.0 Å². The van der Waals surface area contributed by atoms with E-state index in [9.17, 15) is 14.7 Å². The van der Waals surface area contributed by atoms with Crippen LogP contribution in [-0.2, 0) is 11.2 Å². The smallest absolute Gasteiger partial charge is 0.326 e. The number of carboxylic acid groups (broad SMARTS) is 1. The van der Waals surface area contributed by atoms with Crippen molar-refractivity contribution in [3.8, 4) is 0 Å². The van der Waals surface area contributed by atoms with Crippen molar-refractivity contribution in [3.05, 3.63) is 33.8 Å². The van der Waals surface area contributed by atoms with Crippen LogP contribution in [0.4, 0.5) is 4.79 Å². The first-order valence-corrected chi connectivity index (χ1v) is 7.52. The zero-order chi connectivity index (χ0) is 16.3. The number of hydrogen-bond acceptors (Lipinski definition) is 3. The van der Waals surface area contributed by atoms with Gasteiger partial charge in [0.15, 0.2) is 0 Å². The van der Waals surface area contributed by atoms with Gasteiger partial charge in [-0.25, -0.2) is 9.59 Å². The Morgan fingerprint density at radius 2 is 2.14 bits per heavy atom. The fourth-order valence-electron chi connectivity index (χ4n) is 2.24. The molecule has 1 heterocycles. The van der Waals surface area contributed by atoms with Gasteiger partial charge < -0.3 is 20.4 Å². The normalized spacial score (nSPS) is 18.5. The predicted molar refractivity (Wildman–Crippen MR) is 82.3 cm³/mol. The Bertz CT molecular complexity index is 580. The highest BCUT2D eigenvalue weighted by molar-refractivity contribution is 6.35. The number of carbonyl (C=O) groups excluding carboxylic acids is 1. The average molecular weight is 347 g/mol. The Morgan fingerprint density at radius 1 is 1.41 bits per heavy atom. The van der Waals surface area contributed by atoms with Gasteiger partial charge in [-0.15, -0.1) is 0 Å². The third-order valence-corrected chi connectivity index (χ3v) is 4.24. The molecule has 120 valence electrons. The van der Waals surface area contributed by atoms with Crippen LogP contribution in [0.2, 0.25) is 10.0 Å². The Hall–Kier alpha value is -1.50. The number of aliphatic hydroxyl groups excluding tert-OH is 1. The summed E-state index contributed by atoms with van der Waals surface area (Å²) in [6.45, 7) is 0.374. The van der Waals surface area contributed by atoms with Gasteiger partial charge in [0.2, 0.25) is 0 Å². The van der Waals surface area contributed by atoms with E-state index in [2.05, 4.69) is 5.32 Å². The highest BCUT2D eigenvalue weighted by Crippen LogP contribution is 2.22. The summed E-state index contributed by atoms with van der Waals surface area (Å²) in [7, 11) is 0. The highest BCUT2D eigenvalue weighted by Gasteiger charge is 2.33. The maximum absolute atomic E-state index is 12.0. The summed E-state index contributed by atoms with van der Waals surface area (Å²) in [6, 6.07) is 2.92. The summed E-state index contributed by atoms with van der Waals surface area (Å²) in [5.41, 5.74) is 0.584. The molecule has 1 aliphatic heterocycles. The molecule has 1 fully saturated rings. The van der Waals surface area contributed by atoms with Crippen molar-refractivity contribution in [2.45, 2.75) is 24.9 Å². The maximum Gasteiger partial charge on any atom is 0.326 e. The first-order valence-electron chi connectivity index (χ1n) is 6.77. The zero-order valence-corrected chi connectivity index (χ0v) is 13.1. The quantitative estimate of drug-likeness (QED) is 0.757. The van der Waals surface area contributed by atoms with Crippen LogP contribution in [0.5, 0.6) is 0 Å². The standard InChI is InChI=1S/C14H16Cl2N2O4/c15-9-2-1-8(11(16)6-9)5-12(13(20)21)17-14(22)18-4-3-10(18)7-19/h1-2,6,10,12,19H,3-5,7H2,(H,17,22)(H,20,21)/t10-,12+/m0/s1. The third-order valence-electron chi connectivity index (χ3n) is 3.65. The van der Waals surface area contributed by atoms with Crippen molar-refractivity contribution in [1.29, 1.82) is 0 Å². The summed E-state index contributed by atoms with van der Waals surface area (Å²) in [4.78, 5) is 24.8. The molecular formula is C14H16Cl2N2O4. The molecular weight excluding hydrogens is 331 g/mol. The molecule has 1 aliphatic rings. The van der Waals surface area contributed by atoms with E-state index in [0.717, 1.165) is 0 Å². The van der Waals surface area contributed by atoms with Crippen LogP contribution >= 0.6 is 23.2 Å². The zero-order valence-electron chi connectivity index (χ0n) is 11.6. The first kappa shape index (κ1) is 16.9. The lowest BCUT2D eigenvalue weighted by molar-refractivity contribution is -0.139. The van der Waals surface area contributed by atoms with Crippen molar-refractivity contribution in [2.75, 3.05) is 13.2 Å². The number of rotatable bonds is 5. The van der Waals surface area contributed by atoms with Crippen molar-refractivity contribution in [3.63, 3.8) is 0 Å². The number of aliphatic hydroxyl groups is 1. The Balaban J connectivity index is 2.04. The minimum absolute atomic E-state index is 0.0503. The lowest BCUT2D eigenvalue weighted by Gasteiger charge is -2.40. The number of amides is 2. The molecule has 0 radical (unpaired) electrons. The fraction of sp³-hybridized carbons (Fsp3) is 0.429. The number of nitrogens with one attached hydrogen (secondary N) is 1.